The Kier molecular flexibility index (Phi) is 6.49. The topological polar surface area (TPSA) is 110 Å². The van der Waals surface area contributed by atoms with Crippen molar-refractivity contribution in [2.45, 2.75) is 50.8 Å². The molecule has 0 aliphatic heterocycles. The zero-order valence-electron chi connectivity index (χ0n) is 20.3. The third-order valence-electron chi connectivity index (χ3n) is 6.46. The molecule has 186 valence electrons. The summed E-state index contributed by atoms with van der Waals surface area (Å²) >= 11 is 0. The number of nitrogens with one attached hydrogen (secondary N) is 2. The lowest BCUT2D eigenvalue weighted by molar-refractivity contribution is -0.138. The van der Waals surface area contributed by atoms with Crippen molar-refractivity contribution < 1.29 is 17.9 Å². The van der Waals surface area contributed by atoms with Crippen LogP contribution in [0, 0.1) is 6.92 Å². The molecule has 3 aromatic rings. The molecule has 0 spiro atoms. The fourth-order valence-corrected chi connectivity index (χ4v) is 5.72. The highest BCUT2D eigenvalue weighted by atomic mass is 32.2. The van der Waals surface area contributed by atoms with Gasteiger partial charge in [-0.2, -0.15) is 0 Å². The van der Waals surface area contributed by atoms with Gasteiger partial charge in [0.25, 0.3) is 10.0 Å². The molecule has 2 aromatic carbocycles. The van der Waals surface area contributed by atoms with E-state index in [-0.39, 0.29) is 29.1 Å². The van der Waals surface area contributed by atoms with Crippen LogP contribution in [0.4, 0.5) is 11.6 Å². The maximum atomic E-state index is 13.2. The van der Waals surface area contributed by atoms with E-state index in [1.54, 1.807) is 37.3 Å². The molecular formula is C27H28N4O4S. The first-order chi connectivity index (χ1) is 17.4. The number of carbonyl (C=O) groups is 1. The van der Waals surface area contributed by atoms with Crippen LogP contribution in [0.15, 0.2) is 75.8 Å². The second-order valence-electron chi connectivity index (χ2n) is 8.99. The van der Waals surface area contributed by atoms with Gasteiger partial charge in [0.2, 0.25) is 0 Å². The number of rotatable bonds is 7. The Morgan fingerprint density at radius 2 is 1.64 bits per heavy atom. The minimum atomic E-state index is -3.92. The number of carbonyl (C=O) groups excluding carboxylic acids is 1. The number of sulfonamides is 1. The molecule has 0 unspecified atom stereocenters. The van der Waals surface area contributed by atoms with Crippen molar-refractivity contribution in [2.24, 2.45) is 0 Å². The van der Waals surface area contributed by atoms with E-state index in [2.05, 4.69) is 20.0 Å². The van der Waals surface area contributed by atoms with E-state index in [0.29, 0.717) is 28.7 Å². The second kappa shape index (κ2) is 9.73. The lowest BCUT2D eigenvalue weighted by atomic mass is 9.91. The summed E-state index contributed by atoms with van der Waals surface area (Å²) in [7, 11) is -3.92. The summed E-state index contributed by atoms with van der Waals surface area (Å²) < 4.78 is 34.4. The summed E-state index contributed by atoms with van der Waals surface area (Å²) in [6, 6.07) is 13.8. The summed E-state index contributed by atoms with van der Waals surface area (Å²) in [6.45, 7) is 3.95. The summed E-state index contributed by atoms with van der Waals surface area (Å²) in [6.07, 6.45) is 4.43. The highest BCUT2D eigenvalue weighted by Gasteiger charge is 2.32. The minimum Gasteiger partial charge on any atom is -0.462 e. The van der Waals surface area contributed by atoms with Gasteiger partial charge in [-0.1, -0.05) is 35.4 Å². The van der Waals surface area contributed by atoms with Crippen LogP contribution < -0.4 is 10.0 Å². The van der Waals surface area contributed by atoms with Crippen LogP contribution in [0.1, 0.15) is 44.6 Å². The molecule has 0 atom stereocenters. The number of aromatic nitrogens is 2. The number of allylic oxidation sites excluding steroid dienone is 1. The third-order valence-corrected chi connectivity index (χ3v) is 7.81. The third kappa shape index (κ3) is 4.70. The Labute approximate surface area is 210 Å². The van der Waals surface area contributed by atoms with Gasteiger partial charge in [-0.3, -0.25) is 4.72 Å². The molecule has 2 aliphatic rings. The Bertz CT molecular complexity index is 1510. The van der Waals surface area contributed by atoms with Crippen LogP contribution >= 0.6 is 0 Å². The lowest BCUT2D eigenvalue weighted by Gasteiger charge is -2.16. The Balaban J connectivity index is 1.57. The molecule has 0 saturated carbocycles. The van der Waals surface area contributed by atoms with Crippen molar-refractivity contribution in [3.63, 3.8) is 0 Å². The van der Waals surface area contributed by atoms with Gasteiger partial charge in [-0.05, 0) is 69.4 Å². The SMILES string of the molecule is CCOC(=O)C1=C(Nc2nc3ccccc3nc2NS(=O)(=O)c2ccc(C)cc2)CC2=C1CCCC2. The smallest absolute Gasteiger partial charge is 0.340 e. The van der Waals surface area contributed by atoms with Gasteiger partial charge >= 0.3 is 5.97 Å². The molecule has 0 amide bonds. The molecule has 9 heteroatoms. The summed E-state index contributed by atoms with van der Waals surface area (Å²) in [5.74, 6) is -0.0710. The molecule has 0 bridgehead atoms. The van der Waals surface area contributed by atoms with Crippen molar-refractivity contribution >= 4 is 38.7 Å². The number of ether oxygens (including phenoxy) is 1. The number of para-hydroxylation sites is 2. The van der Waals surface area contributed by atoms with E-state index in [9.17, 15) is 13.2 Å². The van der Waals surface area contributed by atoms with Crippen molar-refractivity contribution in [3.05, 3.63) is 76.5 Å². The molecule has 1 heterocycles. The van der Waals surface area contributed by atoms with Gasteiger partial charge < -0.3 is 10.1 Å². The standard InChI is InChI=1S/C27H28N4O4S/c1-3-35-27(32)24-20-9-5-4-8-18(20)16-23(24)30-25-26(29-22-11-7-6-10-21(22)28-25)31-36(33,34)19-14-12-17(2)13-15-19/h6-7,10-15H,3-5,8-9,16H2,1-2H3,(H,28,30)(H,29,31). The molecule has 8 nitrogen and oxygen atoms in total. The molecule has 2 aliphatic carbocycles. The van der Waals surface area contributed by atoms with Crippen LogP contribution in [-0.2, 0) is 19.6 Å². The van der Waals surface area contributed by atoms with Crippen LogP contribution in [0.2, 0.25) is 0 Å². The number of benzene rings is 2. The molecule has 2 N–H and O–H groups in total. The van der Waals surface area contributed by atoms with E-state index in [4.69, 9.17) is 4.74 Å². The van der Waals surface area contributed by atoms with Gasteiger partial charge in [-0.15, -0.1) is 0 Å². The number of anilines is 2. The minimum absolute atomic E-state index is 0.0647. The largest absolute Gasteiger partial charge is 0.462 e. The normalized spacial score (nSPS) is 15.7. The van der Waals surface area contributed by atoms with E-state index in [1.807, 2.05) is 25.1 Å². The fraction of sp³-hybridized carbons (Fsp3) is 0.296. The second-order valence-corrected chi connectivity index (χ2v) is 10.7. The predicted molar refractivity (Wildman–Crippen MR) is 139 cm³/mol. The number of hydrogen-bond acceptors (Lipinski definition) is 7. The lowest BCUT2D eigenvalue weighted by Crippen LogP contribution is -2.18. The van der Waals surface area contributed by atoms with Crippen LogP contribution in [-0.4, -0.2) is 31.0 Å². The van der Waals surface area contributed by atoms with E-state index < -0.39 is 10.0 Å². The number of fused-ring (bicyclic) bond motifs is 1. The zero-order valence-corrected chi connectivity index (χ0v) is 21.1. The Morgan fingerprint density at radius 3 is 2.33 bits per heavy atom. The first-order valence-corrected chi connectivity index (χ1v) is 13.6. The van der Waals surface area contributed by atoms with Crippen LogP contribution in [0.5, 0.6) is 0 Å². The quantitative estimate of drug-likeness (QED) is 0.423. The molecule has 1 aromatic heterocycles. The van der Waals surface area contributed by atoms with Gasteiger partial charge in [0.1, 0.15) is 0 Å². The summed E-state index contributed by atoms with van der Waals surface area (Å²) in [5.41, 5.74) is 5.58. The molecule has 5 rings (SSSR count). The highest BCUT2D eigenvalue weighted by molar-refractivity contribution is 7.92. The zero-order chi connectivity index (χ0) is 25.3. The predicted octanol–water partition coefficient (Wildman–Crippen LogP) is 5.24. The average molecular weight is 505 g/mol. The van der Waals surface area contributed by atoms with Crippen LogP contribution in [0.3, 0.4) is 0 Å². The van der Waals surface area contributed by atoms with Crippen molar-refractivity contribution in [3.8, 4) is 0 Å². The van der Waals surface area contributed by atoms with Crippen molar-refractivity contribution in [1.82, 2.24) is 9.97 Å². The monoisotopic (exact) mass is 504 g/mol. The fourth-order valence-electron chi connectivity index (χ4n) is 4.71. The summed E-state index contributed by atoms with van der Waals surface area (Å²) in [5, 5.41) is 3.27. The Morgan fingerprint density at radius 1 is 0.972 bits per heavy atom. The number of hydrogen-bond donors (Lipinski definition) is 2. The summed E-state index contributed by atoms with van der Waals surface area (Å²) in [4.78, 5) is 22.3. The average Bonchev–Trinajstić information content (AvgIpc) is 3.22. The van der Waals surface area contributed by atoms with Gasteiger partial charge in [-0.25, -0.2) is 23.2 Å². The molecular weight excluding hydrogens is 476 g/mol. The van der Waals surface area contributed by atoms with E-state index in [1.165, 1.54) is 5.57 Å². The maximum absolute atomic E-state index is 13.2. The first-order valence-electron chi connectivity index (χ1n) is 12.1. The molecule has 36 heavy (non-hydrogen) atoms. The molecule has 0 saturated heterocycles. The van der Waals surface area contributed by atoms with Crippen LogP contribution in [0.25, 0.3) is 11.0 Å². The number of aryl methyl sites for hydroxylation is 1. The molecule has 0 fully saturated rings. The van der Waals surface area contributed by atoms with E-state index in [0.717, 1.165) is 36.8 Å². The van der Waals surface area contributed by atoms with E-state index >= 15 is 0 Å². The molecule has 0 radical (unpaired) electrons. The van der Waals surface area contributed by atoms with Gasteiger partial charge in [0, 0.05) is 12.1 Å². The number of nitrogens with zero attached hydrogens (tertiary/aromatic N) is 2. The first kappa shape index (κ1) is 24.0. The number of esters is 1. The van der Waals surface area contributed by atoms with Gasteiger partial charge in [0.05, 0.1) is 28.1 Å². The highest BCUT2D eigenvalue weighted by Crippen LogP contribution is 2.42. The van der Waals surface area contributed by atoms with Gasteiger partial charge in [0.15, 0.2) is 11.6 Å². The Hall–Kier alpha value is -3.72. The van der Waals surface area contributed by atoms with Crippen molar-refractivity contribution in [2.75, 3.05) is 16.6 Å². The maximum Gasteiger partial charge on any atom is 0.340 e. The van der Waals surface area contributed by atoms with Crippen molar-refractivity contribution in [1.29, 1.82) is 0 Å².